The molecule has 0 saturated heterocycles. The summed E-state index contributed by atoms with van der Waals surface area (Å²) in [7, 11) is -7.39. The van der Waals surface area contributed by atoms with Gasteiger partial charge in [-0.05, 0) is 6.92 Å². The summed E-state index contributed by atoms with van der Waals surface area (Å²) in [4.78, 5) is 11.2. The van der Waals surface area contributed by atoms with Crippen LogP contribution in [-0.2, 0) is 19.6 Å². The SMILES string of the molecule is CCOC(=O)CN(CC)S(=O)(=O)C(F)(F)C(F)(F)C(F)(F)C(F)(F)C(F)(F)C(F)(F)C(F)(F)F. The summed E-state index contributed by atoms with van der Waals surface area (Å²) in [6.45, 7) is -2.38. The predicted octanol–water partition coefficient (Wildman–Crippen LogP) is 4.53. The molecule has 0 aliphatic carbocycles. The van der Waals surface area contributed by atoms with Gasteiger partial charge in [0.25, 0.3) is 10.0 Å². The van der Waals surface area contributed by atoms with Crippen LogP contribution in [0, 0.1) is 0 Å². The molecule has 21 heteroatoms. The first kappa shape index (κ1) is 32.3. The molecule has 0 heterocycles. The van der Waals surface area contributed by atoms with Crippen molar-refractivity contribution >= 4 is 16.0 Å². The third-order valence-electron chi connectivity index (χ3n) is 3.93. The van der Waals surface area contributed by atoms with Crippen molar-refractivity contribution in [2.45, 2.75) is 54.9 Å². The number of hydrogen-bond acceptors (Lipinski definition) is 4. The van der Waals surface area contributed by atoms with E-state index in [1.807, 2.05) is 0 Å². The maximum absolute atomic E-state index is 14.0. The molecule has 0 rings (SSSR count). The lowest BCUT2D eigenvalue weighted by Gasteiger charge is -2.41. The number of halogens is 15. The van der Waals surface area contributed by atoms with Crippen molar-refractivity contribution in [3.05, 3.63) is 0 Å². The second-order valence-electron chi connectivity index (χ2n) is 6.12. The topological polar surface area (TPSA) is 63.7 Å². The van der Waals surface area contributed by atoms with Crippen LogP contribution in [-0.4, -0.2) is 79.4 Å². The van der Waals surface area contributed by atoms with E-state index in [1.54, 1.807) is 0 Å². The Morgan fingerprint density at radius 1 is 0.676 bits per heavy atom. The van der Waals surface area contributed by atoms with E-state index in [4.69, 9.17) is 0 Å². The van der Waals surface area contributed by atoms with Gasteiger partial charge in [-0.3, -0.25) is 4.79 Å². The number of esters is 1. The van der Waals surface area contributed by atoms with E-state index in [-0.39, 0.29) is 0 Å². The van der Waals surface area contributed by atoms with Gasteiger partial charge in [-0.15, -0.1) is 0 Å². The highest BCUT2D eigenvalue weighted by atomic mass is 32.2. The van der Waals surface area contributed by atoms with E-state index in [0.29, 0.717) is 6.92 Å². The van der Waals surface area contributed by atoms with Gasteiger partial charge in [-0.25, -0.2) is 8.42 Å². The van der Waals surface area contributed by atoms with Gasteiger partial charge in [-0.2, -0.15) is 70.2 Å². The van der Waals surface area contributed by atoms with Crippen LogP contribution in [0.2, 0.25) is 0 Å². The van der Waals surface area contributed by atoms with E-state index < -0.39 is 81.0 Å². The Morgan fingerprint density at radius 2 is 1.03 bits per heavy atom. The average Bonchev–Trinajstić information content (AvgIpc) is 2.64. The highest BCUT2D eigenvalue weighted by Crippen LogP contribution is 2.63. The molecule has 0 spiro atoms. The minimum atomic E-state index is -8.63. The molecule has 0 bridgehead atoms. The fourth-order valence-corrected chi connectivity index (χ4v) is 3.39. The molecular formula is C13H12F15NO4S. The molecule has 0 N–H and O–H groups in total. The van der Waals surface area contributed by atoms with Crippen LogP contribution < -0.4 is 0 Å². The van der Waals surface area contributed by atoms with Crippen molar-refractivity contribution in [1.82, 2.24) is 4.31 Å². The van der Waals surface area contributed by atoms with Crippen molar-refractivity contribution in [3.8, 4) is 0 Å². The third kappa shape index (κ3) is 4.48. The van der Waals surface area contributed by atoms with Gasteiger partial charge in [-0.1, -0.05) is 6.92 Å². The first-order valence-corrected chi connectivity index (χ1v) is 9.59. The maximum Gasteiger partial charge on any atom is 0.460 e. The zero-order valence-electron chi connectivity index (χ0n) is 16.3. The Morgan fingerprint density at radius 3 is 1.35 bits per heavy atom. The standard InChI is InChI=1S/C13H12F15NO4S/c1-3-29(5-6(30)33-4-2)34(31,32)13(27,28)11(22,23)9(18,19)7(14,15)8(16,17)10(20,21)12(24,25)26/h3-5H2,1-2H3. The fourth-order valence-electron chi connectivity index (χ4n) is 1.99. The fraction of sp³-hybridized carbons (Fsp3) is 0.923. The second-order valence-corrected chi connectivity index (χ2v) is 8.10. The Kier molecular flexibility index (Phi) is 8.64. The smallest absolute Gasteiger partial charge is 0.460 e. The summed E-state index contributed by atoms with van der Waals surface area (Å²) in [5, 5.41) is -7.57. The lowest BCUT2D eigenvalue weighted by atomic mass is 9.94. The molecule has 0 atom stereocenters. The van der Waals surface area contributed by atoms with E-state index in [1.165, 1.54) is 0 Å². The highest BCUT2D eigenvalue weighted by molar-refractivity contribution is 7.90. The van der Waals surface area contributed by atoms with Gasteiger partial charge < -0.3 is 4.74 Å². The molecule has 5 nitrogen and oxygen atoms in total. The minimum Gasteiger partial charge on any atom is -0.465 e. The van der Waals surface area contributed by atoms with Crippen molar-refractivity contribution in [2.24, 2.45) is 0 Å². The van der Waals surface area contributed by atoms with Crippen LogP contribution in [0.1, 0.15) is 13.8 Å². The van der Waals surface area contributed by atoms with E-state index in [2.05, 4.69) is 4.74 Å². The largest absolute Gasteiger partial charge is 0.465 e. The van der Waals surface area contributed by atoms with Crippen LogP contribution in [0.15, 0.2) is 0 Å². The molecule has 0 fully saturated rings. The first-order valence-electron chi connectivity index (χ1n) is 8.15. The normalized spacial score (nSPS) is 15.6. The molecule has 0 aliphatic heterocycles. The zero-order valence-corrected chi connectivity index (χ0v) is 17.1. The molecule has 0 aliphatic rings. The summed E-state index contributed by atoms with van der Waals surface area (Å²) >= 11 is 0. The predicted molar refractivity (Wildman–Crippen MR) is 78.5 cm³/mol. The van der Waals surface area contributed by atoms with Crippen molar-refractivity contribution in [2.75, 3.05) is 19.7 Å². The molecule has 0 aromatic carbocycles. The van der Waals surface area contributed by atoms with Gasteiger partial charge in [0, 0.05) is 6.54 Å². The summed E-state index contributed by atoms with van der Waals surface area (Å²) in [5.74, 6) is -43.9. The summed E-state index contributed by atoms with van der Waals surface area (Å²) in [6, 6.07) is 0. The number of nitrogens with zero attached hydrogens (tertiary/aromatic N) is 1. The Hall–Kier alpha value is -1.67. The van der Waals surface area contributed by atoms with E-state index in [9.17, 15) is 79.1 Å². The number of rotatable bonds is 11. The van der Waals surface area contributed by atoms with E-state index >= 15 is 0 Å². The van der Waals surface area contributed by atoms with Gasteiger partial charge in [0.1, 0.15) is 6.54 Å². The van der Waals surface area contributed by atoms with Crippen molar-refractivity contribution < 1.29 is 83.8 Å². The van der Waals surface area contributed by atoms with Crippen LogP contribution in [0.25, 0.3) is 0 Å². The Bertz CT molecular complexity index is 853. The van der Waals surface area contributed by atoms with Crippen LogP contribution in [0.4, 0.5) is 65.9 Å². The molecule has 0 amide bonds. The third-order valence-corrected chi connectivity index (χ3v) is 5.90. The minimum absolute atomic E-state index is 0.510. The second kappa shape index (κ2) is 9.08. The average molecular weight is 563 g/mol. The molecule has 0 aromatic rings. The molecule has 0 unspecified atom stereocenters. The van der Waals surface area contributed by atoms with Crippen LogP contribution in [0.3, 0.4) is 0 Å². The van der Waals surface area contributed by atoms with Gasteiger partial charge in [0.15, 0.2) is 0 Å². The number of alkyl halides is 15. The van der Waals surface area contributed by atoms with Crippen molar-refractivity contribution in [1.29, 1.82) is 0 Å². The van der Waals surface area contributed by atoms with Gasteiger partial charge >= 0.3 is 47.0 Å². The number of carbonyl (C=O) groups excluding carboxylic acids is 1. The van der Waals surface area contributed by atoms with Gasteiger partial charge in [0.05, 0.1) is 6.61 Å². The number of carbonyl (C=O) groups is 1. The lowest BCUT2D eigenvalue weighted by Crippen LogP contribution is -2.73. The van der Waals surface area contributed by atoms with Crippen LogP contribution >= 0.6 is 0 Å². The number of hydrogen-bond donors (Lipinski definition) is 0. The molecule has 0 saturated carbocycles. The molecule has 34 heavy (non-hydrogen) atoms. The quantitative estimate of drug-likeness (QED) is 0.274. The first-order chi connectivity index (χ1) is 14.7. The zero-order chi connectivity index (χ0) is 28.0. The van der Waals surface area contributed by atoms with E-state index in [0.717, 1.165) is 6.92 Å². The summed E-state index contributed by atoms with van der Waals surface area (Å²) < 4.78 is 224. The molecular weight excluding hydrogens is 551 g/mol. The van der Waals surface area contributed by atoms with Crippen LogP contribution in [0.5, 0.6) is 0 Å². The Balaban J connectivity index is 6.79. The number of sulfonamides is 1. The summed E-state index contributed by atoms with van der Waals surface area (Å²) in [6.07, 6.45) is -7.78. The molecule has 0 radical (unpaired) electrons. The highest BCUT2D eigenvalue weighted by Gasteiger charge is 2.94. The Labute approximate surface area is 179 Å². The number of likely N-dealkylation sites (N-methyl/N-ethyl adjacent to an activating group) is 1. The van der Waals surface area contributed by atoms with Crippen molar-refractivity contribution in [3.63, 3.8) is 0 Å². The molecule has 0 aromatic heterocycles. The van der Waals surface area contributed by atoms with Gasteiger partial charge in [0.2, 0.25) is 0 Å². The molecule has 204 valence electrons. The summed E-state index contributed by atoms with van der Waals surface area (Å²) in [5.41, 5.74) is 0. The lowest BCUT2D eigenvalue weighted by molar-refractivity contribution is -0.447. The monoisotopic (exact) mass is 563 g/mol. The number of ether oxygens (including phenoxy) is 1. The maximum atomic E-state index is 14.0.